The molecule has 0 atom stereocenters. The number of rotatable bonds is 3. The van der Waals surface area contributed by atoms with Crippen molar-refractivity contribution < 1.29 is 9.21 Å². The van der Waals surface area contributed by atoms with E-state index in [-0.39, 0.29) is 5.91 Å². The van der Waals surface area contributed by atoms with Gasteiger partial charge in [0.15, 0.2) is 0 Å². The smallest absolute Gasteiger partial charge is 0.263 e. The molecule has 0 aliphatic rings. The largest absolute Gasteiger partial charge is 0.462 e. The topological polar surface area (TPSA) is 73.0 Å². The van der Waals surface area contributed by atoms with Gasteiger partial charge in [-0.1, -0.05) is 0 Å². The van der Waals surface area contributed by atoms with Crippen molar-refractivity contribution in [2.75, 3.05) is 5.43 Å². The summed E-state index contributed by atoms with van der Waals surface area (Å²) in [4.78, 5) is 11.4. The van der Waals surface area contributed by atoms with Gasteiger partial charge in [-0.3, -0.25) is 10.2 Å². The molecule has 2 rings (SSSR count). The molecular formula is C10H10N4O2. The zero-order valence-corrected chi connectivity index (χ0v) is 8.62. The minimum atomic E-state index is -0.283. The van der Waals surface area contributed by atoms with Crippen molar-refractivity contribution >= 4 is 12.0 Å². The predicted octanol–water partition coefficient (Wildman–Crippen LogP) is 0.963. The van der Waals surface area contributed by atoms with E-state index in [0.29, 0.717) is 5.76 Å². The summed E-state index contributed by atoms with van der Waals surface area (Å²) in [5, 5.41) is 7.10. The number of nitrogens with zero attached hydrogens (tertiary/aromatic N) is 3. The Morgan fingerprint density at radius 2 is 2.19 bits per heavy atom. The van der Waals surface area contributed by atoms with Gasteiger partial charge in [-0.15, -0.1) is 10.2 Å². The van der Waals surface area contributed by atoms with Crippen molar-refractivity contribution in [3.05, 3.63) is 42.4 Å². The Hall–Kier alpha value is -2.37. The predicted molar refractivity (Wildman–Crippen MR) is 56.9 cm³/mol. The molecule has 6 heteroatoms. The number of aromatic nitrogens is 3. The summed E-state index contributed by atoms with van der Waals surface area (Å²) in [6.45, 7) is 1.84. The summed E-state index contributed by atoms with van der Waals surface area (Å²) in [5.41, 5.74) is 2.52. The van der Waals surface area contributed by atoms with Crippen molar-refractivity contribution in [2.45, 2.75) is 6.92 Å². The van der Waals surface area contributed by atoms with Gasteiger partial charge >= 0.3 is 0 Å². The highest BCUT2D eigenvalue weighted by atomic mass is 16.3. The van der Waals surface area contributed by atoms with Crippen LogP contribution in [-0.4, -0.2) is 20.8 Å². The summed E-state index contributed by atoms with van der Waals surface area (Å²) < 4.78 is 6.63. The molecule has 6 nitrogen and oxygen atoms in total. The van der Waals surface area contributed by atoms with Crippen LogP contribution in [0.3, 0.4) is 0 Å². The first-order valence-corrected chi connectivity index (χ1v) is 4.64. The third kappa shape index (κ3) is 2.57. The van der Waals surface area contributed by atoms with Crippen molar-refractivity contribution in [3.8, 4) is 0 Å². The Bertz CT molecular complexity index is 499. The second-order valence-electron chi connectivity index (χ2n) is 3.13. The molecule has 2 aromatic heterocycles. The highest BCUT2D eigenvalue weighted by Gasteiger charge is 1.97. The van der Waals surface area contributed by atoms with E-state index < -0.39 is 0 Å². The van der Waals surface area contributed by atoms with Crippen molar-refractivity contribution in [3.63, 3.8) is 0 Å². The average molecular weight is 218 g/mol. The second kappa shape index (κ2) is 4.43. The van der Waals surface area contributed by atoms with Crippen molar-refractivity contribution in [1.82, 2.24) is 14.9 Å². The highest BCUT2D eigenvalue weighted by molar-refractivity contribution is 5.97. The minimum Gasteiger partial charge on any atom is -0.462 e. The van der Waals surface area contributed by atoms with Gasteiger partial charge in [0.25, 0.3) is 5.91 Å². The van der Waals surface area contributed by atoms with Crippen LogP contribution in [0.15, 0.2) is 35.3 Å². The Kier molecular flexibility index (Phi) is 2.81. The van der Waals surface area contributed by atoms with E-state index in [2.05, 4.69) is 15.6 Å². The van der Waals surface area contributed by atoms with Gasteiger partial charge in [-0.2, -0.15) is 0 Å². The van der Waals surface area contributed by atoms with Gasteiger partial charge in [-0.05, 0) is 25.1 Å². The van der Waals surface area contributed by atoms with Crippen LogP contribution in [0, 0.1) is 6.92 Å². The van der Waals surface area contributed by atoms with E-state index in [1.54, 1.807) is 12.1 Å². The molecule has 16 heavy (non-hydrogen) atoms. The number of hydrogen-bond acceptors (Lipinski definition) is 4. The molecular weight excluding hydrogens is 208 g/mol. The first-order valence-electron chi connectivity index (χ1n) is 4.64. The maximum atomic E-state index is 11.4. The van der Waals surface area contributed by atoms with Crippen LogP contribution < -0.4 is 5.43 Å². The van der Waals surface area contributed by atoms with Gasteiger partial charge in [0.05, 0.1) is 0 Å². The Morgan fingerprint density at radius 3 is 2.81 bits per heavy atom. The van der Waals surface area contributed by atoms with E-state index in [1.165, 1.54) is 23.4 Å². The number of carbonyl (C=O) groups is 1. The summed E-state index contributed by atoms with van der Waals surface area (Å²) in [7, 11) is 0. The number of furan rings is 1. The lowest BCUT2D eigenvalue weighted by Gasteiger charge is -1.98. The second-order valence-corrected chi connectivity index (χ2v) is 3.13. The fourth-order valence-corrected chi connectivity index (χ4v) is 1.12. The molecule has 0 aliphatic heterocycles. The molecule has 0 unspecified atom stereocenters. The first-order chi connectivity index (χ1) is 7.74. The van der Waals surface area contributed by atoms with Crippen LogP contribution in [0.2, 0.25) is 0 Å². The molecule has 0 radical (unpaired) electrons. The van der Waals surface area contributed by atoms with Crippen LogP contribution in [0.25, 0.3) is 6.08 Å². The van der Waals surface area contributed by atoms with Crippen molar-refractivity contribution in [2.24, 2.45) is 0 Å². The lowest BCUT2D eigenvalue weighted by Crippen LogP contribution is -2.18. The SMILES string of the molecule is Cc1ccc(/C=C/C(=O)Nn2cnnc2)o1. The summed E-state index contributed by atoms with van der Waals surface area (Å²) in [6, 6.07) is 3.62. The number of hydrogen-bond donors (Lipinski definition) is 1. The third-order valence-electron chi connectivity index (χ3n) is 1.82. The number of amides is 1. The standard InChI is InChI=1S/C10H10N4O2/c1-8-2-3-9(16-8)4-5-10(15)13-14-6-11-12-7-14/h2-7H,1H3,(H,13,15)/b5-4+. The van der Waals surface area contributed by atoms with Gasteiger partial charge in [0.2, 0.25) is 0 Å². The molecule has 0 aliphatic carbocycles. The molecule has 0 aromatic carbocycles. The number of carbonyl (C=O) groups excluding carboxylic acids is 1. The van der Waals surface area contributed by atoms with E-state index in [0.717, 1.165) is 5.76 Å². The highest BCUT2D eigenvalue weighted by Crippen LogP contribution is 2.07. The minimum absolute atomic E-state index is 0.283. The summed E-state index contributed by atoms with van der Waals surface area (Å²) in [6.07, 6.45) is 5.75. The van der Waals surface area contributed by atoms with Crippen LogP contribution in [-0.2, 0) is 4.79 Å². The van der Waals surface area contributed by atoms with Crippen LogP contribution in [0.4, 0.5) is 0 Å². The van der Waals surface area contributed by atoms with Crippen LogP contribution in [0.5, 0.6) is 0 Å². The zero-order valence-electron chi connectivity index (χ0n) is 8.62. The summed E-state index contributed by atoms with van der Waals surface area (Å²) in [5.74, 6) is 1.16. The van der Waals surface area contributed by atoms with Gasteiger partial charge in [0.1, 0.15) is 24.2 Å². The molecule has 0 spiro atoms. The molecule has 1 N–H and O–H groups in total. The lowest BCUT2D eigenvalue weighted by molar-refractivity contribution is -0.112. The van der Waals surface area contributed by atoms with Crippen LogP contribution in [0.1, 0.15) is 11.5 Å². The maximum Gasteiger partial charge on any atom is 0.263 e. The van der Waals surface area contributed by atoms with Gasteiger partial charge < -0.3 is 4.42 Å². The zero-order chi connectivity index (χ0) is 11.4. The Labute approximate surface area is 91.6 Å². The Morgan fingerprint density at radius 1 is 1.44 bits per heavy atom. The first kappa shape index (κ1) is 10.2. The molecule has 0 fully saturated rings. The van der Waals surface area contributed by atoms with Crippen LogP contribution >= 0.6 is 0 Å². The lowest BCUT2D eigenvalue weighted by atomic mass is 10.4. The fourth-order valence-electron chi connectivity index (χ4n) is 1.12. The van der Waals surface area contributed by atoms with E-state index in [1.807, 2.05) is 13.0 Å². The van der Waals surface area contributed by atoms with Gasteiger partial charge in [-0.25, -0.2) is 4.68 Å². The molecule has 2 aromatic rings. The normalized spacial score (nSPS) is 10.8. The fraction of sp³-hybridized carbons (Fsp3) is 0.100. The quantitative estimate of drug-likeness (QED) is 0.779. The van der Waals surface area contributed by atoms with E-state index in [4.69, 9.17) is 4.42 Å². The molecule has 1 amide bonds. The average Bonchev–Trinajstić information content (AvgIpc) is 2.87. The number of nitrogens with one attached hydrogen (secondary N) is 1. The van der Waals surface area contributed by atoms with Gasteiger partial charge in [0, 0.05) is 6.08 Å². The molecule has 82 valence electrons. The third-order valence-corrected chi connectivity index (χ3v) is 1.82. The molecule has 0 saturated carbocycles. The molecule has 0 saturated heterocycles. The number of aryl methyl sites for hydroxylation is 1. The van der Waals surface area contributed by atoms with Crippen molar-refractivity contribution in [1.29, 1.82) is 0 Å². The Balaban J connectivity index is 1.94. The van der Waals surface area contributed by atoms with E-state index >= 15 is 0 Å². The maximum absolute atomic E-state index is 11.4. The van der Waals surface area contributed by atoms with E-state index in [9.17, 15) is 4.79 Å². The summed E-state index contributed by atoms with van der Waals surface area (Å²) >= 11 is 0. The monoisotopic (exact) mass is 218 g/mol. The molecule has 2 heterocycles. The molecule has 0 bridgehead atoms.